The maximum absolute atomic E-state index is 14.3. The van der Waals surface area contributed by atoms with E-state index in [2.05, 4.69) is 9.97 Å². The standard InChI is InChI=1S/C16H24F2N2/c1-14(2,3)12-11-10(8-7-9-16(11,17)18)19-13(20-12)15(4,5)6/h7-9H2,1-6H3. The van der Waals surface area contributed by atoms with Crippen LogP contribution in [-0.4, -0.2) is 9.97 Å². The molecule has 0 N–H and O–H groups in total. The number of halogens is 2. The van der Waals surface area contributed by atoms with Crippen molar-refractivity contribution in [1.29, 1.82) is 0 Å². The number of nitrogens with zero attached hydrogens (tertiary/aromatic N) is 2. The van der Waals surface area contributed by atoms with E-state index in [1.807, 2.05) is 41.5 Å². The minimum Gasteiger partial charge on any atom is -0.237 e. The molecule has 1 aliphatic carbocycles. The zero-order valence-corrected chi connectivity index (χ0v) is 13.3. The Balaban J connectivity index is 2.76. The smallest absolute Gasteiger partial charge is 0.237 e. The first-order valence-corrected chi connectivity index (χ1v) is 7.23. The zero-order valence-electron chi connectivity index (χ0n) is 13.3. The molecule has 0 aliphatic heterocycles. The van der Waals surface area contributed by atoms with Gasteiger partial charge in [-0.05, 0) is 12.8 Å². The van der Waals surface area contributed by atoms with Gasteiger partial charge < -0.3 is 0 Å². The third-order valence-electron chi connectivity index (χ3n) is 3.64. The highest BCUT2D eigenvalue weighted by Crippen LogP contribution is 2.44. The molecule has 2 rings (SSSR count). The van der Waals surface area contributed by atoms with Crippen LogP contribution in [0, 0.1) is 0 Å². The SMILES string of the molecule is CC(C)(C)c1nc2c(c(C(C)(C)C)n1)C(F)(F)CCC2. The molecule has 0 radical (unpaired) electrons. The van der Waals surface area contributed by atoms with Crippen LogP contribution >= 0.6 is 0 Å². The molecule has 4 heteroatoms. The lowest BCUT2D eigenvalue weighted by atomic mass is 9.81. The van der Waals surface area contributed by atoms with Crippen molar-refractivity contribution in [2.75, 3.05) is 0 Å². The van der Waals surface area contributed by atoms with Crippen molar-refractivity contribution >= 4 is 0 Å². The molecular weight excluding hydrogens is 258 g/mol. The number of hydrogen-bond donors (Lipinski definition) is 0. The van der Waals surface area contributed by atoms with Crippen molar-refractivity contribution in [3.8, 4) is 0 Å². The molecule has 112 valence electrons. The van der Waals surface area contributed by atoms with Crippen LogP contribution in [0.15, 0.2) is 0 Å². The summed E-state index contributed by atoms with van der Waals surface area (Å²) in [5.41, 5.74) is 0.503. The van der Waals surface area contributed by atoms with Crippen LogP contribution in [0.2, 0.25) is 0 Å². The third kappa shape index (κ3) is 2.70. The van der Waals surface area contributed by atoms with E-state index < -0.39 is 11.3 Å². The van der Waals surface area contributed by atoms with E-state index in [0.29, 0.717) is 30.1 Å². The highest BCUT2D eigenvalue weighted by Gasteiger charge is 2.43. The normalized spacial score (nSPS) is 18.8. The van der Waals surface area contributed by atoms with Crippen molar-refractivity contribution < 1.29 is 8.78 Å². The predicted octanol–water partition coefficient (Wildman–Crippen LogP) is 4.50. The molecule has 20 heavy (non-hydrogen) atoms. The number of hydrogen-bond acceptors (Lipinski definition) is 2. The van der Waals surface area contributed by atoms with Crippen LogP contribution in [0.4, 0.5) is 8.78 Å². The third-order valence-corrected chi connectivity index (χ3v) is 3.64. The Morgan fingerprint density at radius 3 is 2.05 bits per heavy atom. The molecule has 0 saturated heterocycles. The summed E-state index contributed by atoms with van der Waals surface area (Å²) >= 11 is 0. The molecule has 0 bridgehead atoms. The zero-order chi connectivity index (χ0) is 15.3. The van der Waals surface area contributed by atoms with E-state index >= 15 is 0 Å². The van der Waals surface area contributed by atoms with Gasteiger partial charge in [0, 0.05) is 17.3 Å². The van der Waals surface area contributed by atoms with Crippen LogP contribution in [-0.2, 0) is 23.2 Å². The van der Waals surface area contributed by atoms with Gasteiger partial charge in [0.1, 0.15) is 5.82 Å². The van der Waals surface area contributed by atoms with Gasteiger partial charge in [0.15, 0.2) is 0 Å². The van der Waals surface area contributed by atoms with E-state index in [4.69, 9.17) is 0 Å². The summed E-state index contributed by atoms with van der Waals surface area (Å²) in [4.78, 5) is 9.00. The lowest BCUT2D eigenvalue weighted by Crippen LogP contribution is -2.32. The Hall–Kier alpha value is -1.06. The average molecular weight is 282 g/mol. The second-order valence-corrected chi connectivity index (χ2v) is 7.78. The summed E-state index contributed by atoms with van der Waals surface area (Å²) in [6.45, 7) is 11.9. The van der Waals surface area contributed by atoms with Crippen molar-refractivity contribution in [1.82, 2.24) is 9.97 Å². The minimum absolute atomic E-state index is 0.0873. The number of alkyl halides is 2. The van der Waals surface area contributed by atoms with Crippen molar-refractivity contribution in [3.05, 3.63) is 22.8 Å². The van der Waals surface area contributed by atoms with Crippen molar-refractivity contribution in [2.24, 2.45) is 0 Å². The van der Waals surface area contributed by atoms with Gasteiger partial charge in [0.05, 0.1) is 17.0 Å². The fraction of sp³-hybridized carbons (Fsp3) is 0.750. The Morgan fingerprint density at radius 1 is 0.950 bits per heavy atom. The summed E-state index contributed by atoms with van der Waals surface area (Å²) in [7, 11) is 0. The van der Waals surface area contributed by atoms with Gasteiger partial charge >= 0.3 is 0 Å². The van der Waals surface area contributed by atoms with Crippen LogP contribution < -0.4 is 0 Å². The molecule has 2 nitrogen and oxygen atoms in total. The van der Waals surface area contributed by atoms with E-state index in [9.17, 15) is 8.78 Å². The second-order valence-electron chi connectivity index (χ2n) is 7.78. The molecular formula is C16H24F2N2. The highest BCUT2D eigenvalue weighted by atomic mass is 19.3. The summed E-state index contributed by atoms with van der Waals surface area (Å²) in [6, 6.07) is 0. The molecule has 0 saturated carbocycles. The Bertz CT molecular complexity index is 523. The fourth-order valence-electron chi connectivity index (χ4n) is 2.55. The van der Waals surface area contributed by atoms with Crippen molar-refractivity contribution in [3.63, 3.8) is 0 Å². The monoisotopic (exact) mass is 282 g/mol. The second kappa shape index (κ2) is 4.47. The van der Waals surface area contributed by atoms with Gasteiger partial charge in [-0.25, -0.2) is 18.7 Å². The van der Waals surface area contributed by atoms with E-state index in [0.717, 1.165) is 0 Å². The minimum atomic E-state index is -2.80. The Morgan fingerprint density at radius 2 is 1.55 bits per heavy atom. The van der Waals surface area contributed by atoms with E-state index in [1.165, 1.54) is 0 Å². The molecule has 1 aromatic rings. The Kier molecular flexibility index (Phi) is 3.43. The van der Waals surface area contributed by atoms with Crippen LogP contribution in [0.25, 0.3) is 0 Å². The number of aromatic nitrogens is 2. The van der Waals surface area contributed by atoms with Crippen molar-refractivity contribution in [2.45, 2.75) is 77.6 Å². The average Bonchev–Trinajstić information content (AvgIpc) is 2.24. The summed E-state index contributed by atoms with van der Waals surface area (Å²) in [6.07, 6.45) is 1.02. The molecule has 0 spiro atoms. The van der Waals surface area contributed by atoms with Crippen LogP contribution in [0.5, 0.6) is 0 Å². The van der Waals surface area contributed by atoms with Crippen LogP contribution in [0.3, 0.4) is 0 Å². The quantitative estimate of drug-likeness (QED) is 0.700. The maximum atomic E-state index is 14.3. The first-order valence-electron chi connectivity index (χ1n) is 7.23. The molecule has 0 fully saturated rings. The molecule has 0 unspecified atom stereocenters. The Labute approximate surface area is 120 Å². The summed E-state index contributed by atoms with van der Waals surface area (Å²) < 4.78 is 28.7. The summed E-state index contributed by atoms with van der Waals surface area (Å²) in [5.74, 6) is -2.13. The molecule has 0 atom stereocenters. The molecule has 0 amide bonds. The molecule has 0 aromatic carbocycles. The first-order chi connectivity index (χ1) is 8.93. The maximum Gasteiger partial charge on any atom is 0.276 e. The van der Waals surface area contributed by atoms with Gasteiger partial charge in [-0.1, -0.05) is 41.5 Å². The van der Waals surface area contributed by atoms with Gasteiger partial charge in [-0.3, -0.25) is 0 Å². The molecule has 1 aliphatic rings. The molecule has 1 aromatic heterocycles. The van der Waals surface area contributed by atoms with Gasteiger partial charge in [-0.2, -0.15) is 0 Å². The molecule has 1 heterocycles. The van der Waals surface area contributed by atoms with E-state index in [1.54, 1.807) is 0 Å². The lowest BCUT2D eigenvalue weighted by Gasteiger charge is -2.33. The van der Waals surface area contributed by atoms with Gasteiger partial charge in [-0.15, -0.1) is 0 Å². The predicted molar refractivity (Wildman–Crippen MR) is 76.3 cm³/mol. The lowest BCUT2D eigenvalue weighted by molar-refractivity contribution is -0.0248. The number of rotatable bonds is 0. The number of aryl methyl sites for hydroxylation is 1. The fourth-order valence-corrected chi connectivity index (χ4v) is 2.55. The van der Waals surface area contributed by atoms with E-state index in [-0.39, 0.29) is 17.4 Å². The largest absolute Gasteiger partial charge is 0.276 e. The highest BCUT2D eigenvalue weighted by molar-refractivity contribution is 5.37. The number of fused-ring (bicyclic) bond motifs is 1. The first kappa shape index (κ1) is 15.3. The topological polar surface area (TPSA) is 25.8 Å². The van der Waals surface area contributed by atoms with Crippen LogP contribution in [0.1, 0.15) is 77.2 Å². The van der Waals surface area contributed by atoms with Gasteiger partial charge in [0.25, 0.3) is 5.92 Å². The van der Waals surface area contributed by atoms with Gasteiger partial charge in [0.2, 0.25) is 0 Å². The summed E-state index contributed by atoms with van der Waals surface area (Å²) in [5, 5.41) is 0.